The van der Waals surface area contributed by atoms with Gasteiger partial charge in [-0.1, -0.05) is 5.92 Å². The van der Waals surface area contributed by atoms with Crippen molar-refractivity contribution in [2.75, 3.05) is 25.0 Å². The fourth-order valence-electron chi connectivity index (χ4n) is 3.10. The Balaban J connectivity index is 1.80. The first kappa shape index (κ1) is 23.4. The van der Waals surface area contributed by atoms with Crippen molar-refractivity contribution in [3.05, 3.63) is 56.9 Å². The molecule has 164 valence electrons. The molecule has 31 heavy (non-hydrogen) atoms. The van der Waals surface area contributed by atoms with E-state index in [1.807, 2.05) is 22.6 Å². The lowest BCUT2D eigenvalue weighted by Gasteiger charge is -2.47. The number of amides is 1. The Morgan fingerprint density at radius 2 is 1.94 bits per heavy atom. The molecule has 3 N–H and O–H groups in total. The van der Waals surface area contributed by atoms with Crippen LogP contribution in [0.5, 0.6) is 0 Å². The van der Waals surface area contributed by atoms with E-state index in [-0.39, 0.29) is 30.9 Å². The van der Waals surface area contributed by atoms with Crippen LogP contribution in [0.3, 0.4) is 0 Å². The molecule has 5 nitrogen and oxygen atoms in total. The average molecular weight is 543 g/mol. The molecule has 1 saturated heterocycles. The lowest BCUT2D eigenvalue weighted by atomic mass is 9.91. The number of halogens is 4. The molecule has 0 unspecified atom stereocenters. The lowest BCUT2D eigenvalue weighted by molar-refractivity contribution is -0.0804. The van der Waals surface area contributed by atoms with Gasteiger partial charge in [-0.3, -0.25) is 10.1 Å². The third kappa shape index (κ3) is 5.14. The molecule has 0 spiro atoms. The van der Waals surface area contributed by atoms with E-state index in [0.29, 0.717) is 3.57 Å². The fourth-order valence-corrected chi connectivity index (χ4v) is 3.56. The van der Waals surface area contributed by atoms with Crippen LogP contribution in [0.4, 0.5) is 24.5 Å². The second-order valence-electron chi connectivity index (χ2n) is 8.04. The van der Waals surface area contributed by atoms with Crippen molar-refractivity contribution < 1.29 is 23.1 Å². The maximum Gasteiger partial charge on any atom is 0.256 e. The Hall–Kier alpha value is -2.29. The molecular weight excluding hydrogens is 522 g/mol. The van der Waals surface area contributed by atoms with Gasteiger partial charge in [0.2, 0.25) is 0 Å². The highest BCUT2D eigenvalue weighted by Gasteiger charge is 2.45. The van der Waals surface area contributed by atoms with Crippen molar-refractivity contribution in [3.8, 4) is 12.3 Å². The van der Waals surface area contributed by atoms with Crippen molar-refractivity contribution in [1.82, 2.24) is 10.2 Å². The summed E-state index contributed by atoms with van der Waals surface area (Å²) in [7, 11) is 0. The van der Waals surface area contributed by atoms with Gasteiger partial charge in [0.05, 0.1) is 35.6 Å². The zero-order valence-electron chi connectivity index (χ0n) is 16.9. The van der Waals surface area contributed by atoms with Gasteiger partial charge < -0.3 is 15.3 Å². The quantitative estimate of drug-likeness (QED) is 0.385. The molecule has 0 saturated carbocycles. The number of hydrogen-bond donors (Lipinski definition) is 3. The SMILES string of the molecule is C#CC(C)(C)NCC1(O)CN(C(=O)c2ccc(F)c(F)c2Nc2ccc(I)cc2F)C1. The number of rotatable bonds is 6. The number of nitrogens with zero attached hydrogens (tertiary/aromatic N) is 1. The highest BCUT2D eigenvalue weighted by Crippen LogP contribution is 2.31. The molecule has 0 radical (unpaired) electrons. The van der Waals surface area contributed by atoms with Crippen LogP contribution in [0.1, 0.15) is 24.2 Å². The van der Waals surface area contributed by atoms with Crippen molar-refractivity contribution in [2.45, 2.75) is 25.0 Å². The summed E-state index contributed by atoms with van der Waals surface area (Å²) in [6, 6.07) is 6.15. The summed E-state index contributed by atoms with van der Waals surface area (Å²) in [5.74, 6) is -1.21. The summed E-state index contributed by atoms with van der Waals surface area (Å²) in [5, 5.41) is 16.1. The summed E-state index contributed by atoms with van der Waals surface area (Å²) in [4.78, 5) is 14.2. The zero-order valence-corrected chi connectivity index (χ0v) is 19.1. The summed E-state index contributed by atoms with van der Waals surface area (Å²) in [6.07, 6.45) is 5.41. The third-order valence-corrected chi connectivity index (χ3v) is 5.66. The largest absolute Gasteiger partial charge is 0.385 e. The molecule has 1 heterocycles. The molecule has 0 aliphatic carbocycles. The first-order valence-corrected chi connectivity index (χ1v) is 10.5. The molecule has 1 amide bonds. The summed E-state index contributed by atoms with van der Waals surface area (Å²) < 4.78 is 43.2. The van der Waals surface area contributed by atoms with Gasteiger partial charge >= 0.3 is 0 Å². The first-order valence-electron chi connectivity index (χ1n) is 9.39. The van der Waals surface area contributed by atoms with Crippen LogP contribution in [-0.2, 0) is 0 Å². The molecule has 0 atom stereocenters. The number of nitrogens with one attached hydrogen (secondary N) is 2. The van der Waals surface area contributed by atoms with Crippen molar-refractivity contribution >= 4 is 39.9 Å². The van der Waals surface area contributed by atoms with Crippen LogP contribution in [0.25, 0.3) is 0 Å². The van der Waals surface area contributed by atoms with Crippen LogP contribution in [-0.4, -0.2) is 46.7 Å². The monoisotopic (exact) mass is 543 g/mol. The van der Waals surface area contributed by atoms with E-state index >= 15 is 0 Å². The molecular formula is C22H21F3IN3O2. The minimum Gasteiger partial charge on any atom is -0.385 e. The highest BCUT2D eigenvalue weighted by atomic mass is 127. The Kier molecular flexibility index (Phi) is 6.55. The van der Waals surface area contributed by atoms with Gasteiger partial charge in [-0.2, -0.15) is 0 Å². The smallest absolute Gasteiger partial charge is 0.256 e. The Bertz CT molecular complexity index is 1060. The maximum absolute atomic E-state index is 14.5. The van der Waals surface area contributed by atoms with E-state index < -0.39 is 40.2 Å². The van der Waals surface area contributed by atoms with E-state index in [4.69, 9.17) is 6.42 Å². The van der Waals surface area contributed by atoms with Gasteiger partial charge in [-0.15, -0.1) is 6.42 Å². The van der Waals surface area contributed by atoms with Crippen molar-refractivity contribution in [2.24, 2.45) is 0 Å². The zero-order chi connectivity index (χ0) is 23.0. The molecule has 2 aromatic rings. The minimum atomic E-state index is -1.29. The number of benzene rings is 2. The molecule has 1 fully saturated rings. The van der Waals surface area contributed by atoms with Gasteiger partial charge in [0.25, 0.3) is 5.91 Å². The molecule has 3 rings (SSSR count). The molecule has 9 heteroatoms. The second-order valence-corrected chi connectivity index (χ2v) is 9.29. The summed E-state index contributed by atoms with van der Waals surface area (Å²) in [5.41, 5.74) is -2.56. The Labute approximate surface area is 192 Å². The van der Waals surface area contributed by atoms with Gasteiger partial charge in [0.1, 0.15) is 11.4 Å². The van der Waals surface area contributed by atoms with E-state index in [2.05, 4.69) is 16.6 Å². The standard InChI is InChI=1S/C22H21F3IN3O2/c1-4-21(2,3)27-10-22(31)11-29(12-22)20(30)14-6-7-15(23)18(25)19(14)28-17-8-5-13(26)9-16(17)24/h1,5-9,27-28,31H,10-12H2,2-3H3. The number of carbonyl (C=O) groups excluding carboxylic acids is 1. The molecule has 0 bridgehead atoms. The van der Waals surface area contributed by atoms with Crippen LogP contribution >= 0.6 is 22.6 Å². The Morgan fingerprint density at radius 3 is 2.55 bits per heavy atom. The number of terminal acetylenes is 1. The topological polar surface area (TPSA) is 64.6 Å². The molecule has 2 aromatic carbocycles. The number of aliphatic hydroxyl groups is 1. The van der Waals surface area contributed by atoms with Gasteiger partial charge in [0, 0.05) is 10.1 Å². The number of β-amino-alcohol motifs (C(OH)–C–C–N with tert-alkyl or cyclic N) is 1. The van der Waals surface area contributed by atoms with Crippen LogP contribution in [0, 0.1) is 33.4 Å². The van der Waals surface area contributed by atoms with E-state index in [9.17, 15) is 23.1 Å². The number of carbonyl (C=O) groups is 1. The number of anilines is 2. The molecule has 1 aliphatic heterocycles. The Morgan fingerprint density at radius 1 is 1.26 bits per heavy atom. The van der Waals surface area contributed by atoms with E-state index in [1.165, 1.54) is 17.0 Å². The van der Waals surface area contributed by atoms with E-state index in [1.54, 1.807) is 19.9 Å². The number of likely N-dealkylation sites (tertiary alicyclic amines) is 1. The maximum atomic E-state index is 14.5. The summed E-state index contributed by atoms with van der Waals surface area (Å²) >= 11 is 1.92. The predicted molar refractivity (Wildman–Crippen MR) is 121 cm³/mol. The van der Waals surface area contributed by atoms with Crippen LogP contribution in [0.2, 0.25) is 0 Å². The average Bonchev–Trinajstić information content (AvgIpc) is 2.69. The van der Waals surface area contributed by atoms with Gasteiger partial charge in [0.15, 0.2) is 11.6 Å². The normalized spacial score (nSPS) is 15.2. The van der Waals surface area contributed by atoms with E-state index in [0.717, 1.165) is 12.1 Å². The molecule has 1 aliphatic rings. The van der Waals surface area contributed by atoms with Crippen molar-refractivity contribution in [3.63, 3.8) is 0 Å². The van der Waals surface area contributed by atoms with Crippen LogP contribution in [0.15, 0.2) is 30.3 Å². The minimum absolute atomic E-state index is 0.0180. The predicted octanol–water partition coefficient (Wildman–Crippen LogP) is 3.64. The molecule has 0 aromatic heterocycles. The fraction of sp³-hybridized carbons (Fsp3) is 0.318. The lowest BCUT2D eigenvalue weighted by Crippen LogP contribution is -2.68. The van der Waals surface area contributed by atoms with Gasteiger partial charge in [-0.25, -0.2) is 13.2 Å². The van der Waals surface area contributed by atoms with Crippen LogP contribution < -0.4 is 10.6 Å². The number of hydrogen-bond acceptors (Lipinski definition) is 4. The second kappa shape index (κ2) is 8.68. The van der Waals surface area contributed by atoms with Crippen molar-refractivity contribution in [1.29, 1.82) is 0 Å². The van der Waals surface area contributed by atoms with Gasteiger partial charge in [-0.05, 0) is 66.8 Å². The summed E-state index contributed by atoms with van der Waals surface area (Å²) in [6.45, 7) is 3.68. The first-order chi connectivity index (χ1) is 14.4. The highest BCUT2D eigenvalue weighted by molar-refractivity contribution is 14.1. The third-order valence-electron chi connectivity index (χ3n) is 4.99.